The molecule has 0 bridgehead atoms. The van der Waals surface area contributed by atoms with Gasteiger partial charge in [0.25, 0.3) is 0 Å². The molecule has 1 unspecified atom stereocenters. The number of amides is 2. The summed E-state index contributed by atoms with van der Waals surface area (Å²) >= 11 is 0. The summed E-state index contributed by atoms with van der Waals surface area (Å²) in [6.07, 6.45) is 6.30. The molecule has 2 amide bonds. The van der Waals surface area contributed by atoms with Gasteiger partial charge in [-0.15, -0.1) is 0 Å². The molecule has 0 spiro atoms. The lowest BCUT2D eigenvalue weighted by Gasteiger charge is -2.18. The second-order valence-corrected chi connectivity index (χ2v) is 6.24. The zero-order valence-electron chi connectivity index (χ0n) is 14.8. The Hall–Kier alpha value is -3.93. The summed E-state index contributed by atoms with van der Waals surface area (Å²) < 4.78 is 5.14. The van der Waals surface area contributed by atoms with Crippen LogP contribution < -0.4 is 10.6 Å². The van der Waals surface area contributed by atoms with Gasteiger partial charge in [-0.25, -0.2) is 0 Å². The van der Waals surface area contributed by atoms with Crippen molar-refractivity contribution in [2.24, 2.45) is 0 Å². The van der Waals surface area contributed by atoms with Crippen LogP contribution in [0.1, 0.15) is 17.2 Å². The van der Waals surface area contributed by atoms with Gasteiger partial charge in [-0.3, -0.25) is 14.6 Å². The van der Waals surface area contributed by atoms with Crippen LogP contribution in [-0.2, 0) is 9.59 Å². The van der Waals surface area contributed by atoms with Crippen molar-refractivity contribution in [1.82, 2.24) is 10.3 Å². The number of furan rings is 1. The predicted octanol–water partition coefficient (Wildman–Crippen LogP) is 3.67. The van der Waals surface area contributed by atoms with Crippen molar-refractivity contribution in [3.05, 3.63) is 96.7 Å². The van der Waals surface area contributed by atoms with E-state index in [1.54, 1.807) is 18.5 Å². The molecule has 2 heterocycles. The number of nitrogens with one attached hydrogen (secondary N) is 2. The summed E-state index contributed by atoms with van der Waals surface area (Å²) in [5.74, 6) is -1.51. The van der Waals surface area contributed by atoms with E-state index in [1.807, 2.05) is 54.6 Å². The third-order valence-corrected chi connectivity index (χ3v) is 4.41. The van der Waals surface area contributed by atoms with Crippen molar-refractivity contribution in [2.75, 3.05) is 5.32 Å². The van der Waals surface area contributed by atoms with Crippen LogP contribution >= 0.6 is 0 Å². The standard InChI is InChI=1S/C22H17N3O3/c26-21(24-19-13-23-12-16-8-4-5-9-18(16)19)22(27)25-20(17-10-11-28-14-17)15-6-2-1-3-7-15/h1-14,20H,(H,24,26)(H,25,27). The van der Waals surface area contributed by atoms with Crippen molar-refractivity contribution < 1.29 is 14.0 Å². The summed E-state index contributed by atoms with van der Waals surface area (Å²) in [7, 11) is 0. The number of aromatic nitrogens is 1. The summed E-state index contributed by atoms with van der Waals surface area (Å²) in [5.41, 5.74) is 2.08. The average Bonchev–Trinajstić information content (AvgIpc) is 3.27. The van der Waals surface area contributed by atoms with Crippen molar-refractivity contribution >= 4 is 28.3 Å². The highest BCUT2D eigenvalue weighted by molar-refractivity contribution is 6.40. The van der Waals surface area contributed by atoms with Crippen LogP contribution in [0.15, 0.2) is 90.0 Å². The minimum absolute atomic E-state index is 0.484. The van der Waals surface area contributed by atoms with E-state index in [0.717, 1.165) is 21.9 Å². The smallest absolute Gasteiger partial charge is 0.313 e. The molecule has 0 aliphatic rings. The molecule has 4 rings (SSSR count). The Morgan fingerprint density at radius 2 is 1.64 bits per heavy atom. The molecule has 0 saturated carbocycles. The summed E-state index contributed by atoms with van der Waals surface area (Å²) in [5, 5.41) is 7.11. The molecule has 0 saturated heterocycles. The maximum atomic E-state index is 12.6. The second kappa shape index (κ2) is 7.75. The van der Waals surface area contributed by atoms with Gasteiger partial charge < -0.3 is 15.1 Å². The molecule has 4 aromatic rings. The van der Waals surface area contributed by atoms with Crippen molar-refractivity contribution in [1.29, 1.82) is 0 Å². The van der Waals surface area contributed by atoms with Crippen LogP contribution in [0.4, 0.5) is 5.69 Å². The largest absolute Gasteiger partial charge is 0.472 e. The van der Waals surface area contributed by atoms with Crippen LogP contribution in [0.3, 0.4) is 0 Å². The lowest BCUT2D eigenvalue weighted by atomic mass is 10.0. The SMILES string of the molecule is O=C(Nc1cncc2ccccc12)C(=O)NC(c1ccccc1)c1ccoc1. The van der Waals surface area contributed by atoms with Gasteiger partial charge in [0.1, 0.15) is 0 Å². The molecular formula is C22H17N3O3. The molecule has 138 valence electrons. The number of pyridine rings is 1. The van der Waals surface area contributed by atoms with Gasteiger partial charge >= 0.3 is 11.8 Å². The third-order valence-electron chi connectivity index (χ3n) is 4.41. The second-order valence-electron chi connectivity index (χ2n) is 6.24. The Morgan fingerprint density at radius 3 is 2.43 bits per heavy atom. The monoisotopic (exact) mass is 371 g/mol. The fourth-order valence-electron chi connectivity index (χ4n) is 3.04. The normalized spacial score (nSPS) is 11.7. The number of rotatable bonds is 4. The first kappa shape index (κ1) is 17.5. The molecule has 0 aliphatic carbocycles. The fraction of sp³-hybridized carbons (Fsp3) is 0.0455. The Balaban J connectivity index is 1.55. The first-order chi connectivity index (χ1) is 13.7. The predicted molar refractivity (Wildman–Crippen MR) is 106 cm³/mol. The Bertz CT molecular complexity index is 1100. The number of hydrogen-bond acceptors (Lipinski definition) is 4. The number of nitrogens with zero attached hydrogens (tertiary/aromatic N) is 1. The molecule has 2 N–H and O–H groups in total. The number of fused-ring (bicyclic) bond motifs is 1. The lowest BCUT2D eigenvalue weighted by Crippen LogP contribution is -2.38. The summed E-state index contributed by atoms with van der Waals surface area (Å²) in [6, 6.07) is 18.2. The average molecular weight is 371 g/mol. The highest BCUT2D eigenvalue weighted by Gasteiger charge is 2.22. The van der Waals surface area contributed by atoms with E-state index in [1.165, 1.54) is 12.5 Å². The quantitative estimate of drug-likeness (QED) is 0.536. The first-order valence-corrected chi connectivity index (χ1v) is 8.74. The van der Waals surface area contributed by atoms with E-state index < -0.39 is 17.9 Å². The maximum Gasteiger partial charge on any atom is 0.313 e. The van der Waals surface area contributed by atoms with Crippen LogP contribution in [0, 0.1) is 0 Å². The van der Waals surface area contributed by atoms with E-state index in [9.17, 15) is 9.59 Å². The van der Waals surface area contributed by atoms with Gasteiger partial charge in [0.15, 0.2) is 0 Å². The first-order valence-electron chi connectivity index (χ1n) is 8.74. The van der Waals surface area contributed by atoms with E-state index in [-0.39, 0.29) is 0 Å². The summed E-state index contributed by atoms with van der Waals surface area (Å²) in [6.45, 7) is 0. The highest BCUT2D eigenvalue weighted by Crippen LogP contribution is 2.23. The molecule has 28 heavy (non-hydrogen) atoms. The minimum Gasteiger partial charge on any atom is -0.472 e. The number of benzene rings is 2. The number of carbonyl (C=O) groups excluding carboxylic acids is 2. The molecule has 1 atom stereocenters. The number of hydrogen-bond donors (Lipinski definition) is 2. The van der Waals surface area contributed by atoms with Gasteiger partial charge in [0.2, 0.25) is 0 Å². The molecule has 6 heteroatoms. The number of anilines is 1. The minimum atomic E-state index is -0.762. The van der Waals surface area contributed by atoms with E-state index >= 15 is 0 Å². The number of carbonyl (C=O) groups is 2. The molecule has 2 aromatic carbocycles. The van der Waals surface area contributed by atoms with Gasteiger partial charge in [-0.1, -0.05) is 54.6 Å². The topological polar surface area (TPSA) is 84.2 Å². The van der Waals surface area contributed by atoms with Crippen LogP contribution in [-0.4, -0.2) is 16.8 Å². The van der Waals surface area contributed by atoms with Crippen LogP contribution in [0.5, 0.6) is 0 Å². The van der Waals surface area contributed by atoms with Crippen molar-refractivity contribution in [2.45, 2.75) is 6.04 Å². The molecule has 0 radical (unpaired) electrons. The van der Waals surface area contributed by atoms with Crippen molar-refractivity contribution in [3.8, 4) is 0 Å². The van der Waals surface area contributed by atoms with E-state index in [4.69, 9.17) is 4.42 Å². The third kappa shape index (κ3) is 3.61. The van der Waals surface area contributed by atoms with Crippen LogP contribution in [0.2, 0.25) is 0 Å². The van der Waals surface area contributed by atoms with Gasteiger partial charge in [-0.2, -0.15) is 0 Å². The Kier molecular flexibility index (Phi) is 4.84. The molecular weight excluding hydrogens is 354 g/mol. The van der Waals surface area contributed by atoms with E-state index in [2.05, 4.69) is 15.6 Å². The zero-order valence-corrected chi connectivity index (χ0v) is 14.8. The molecule has 6 nitrogen and oxygen atoms in total. The molecule has 0 aliphatic heterocycles. The van der Waals surface area contributed by atoms with Crippen LogP contribution in [0.25, 0.3) is 10.8 Å². The Labute approximate surface area is 161 Å². The fourth-order valence-corrected chi connectivity index (χ4v) is 3.04. The van der Waals surface area contributed by atoms with Gasteiger partial charge in [-0.05, 0) is 11.6 Å². The lowest BCUT2D eigenvalue weighted by molar-refractivity contribution is -0.136. The van der Waals surface area contributed by atoms with Gasteiger partial charge in [0.05, 0.1) is 30.5 Å². The summed E-state index contributed by atoms with van der Waals surface area (Å²) in [4.78, 5) is 29.2. The molecule has 0 fully saturated rings. The van der Waals surface area contributed by atoms with Gasteiger partial charge in [0, 0.05) is 22.5 Å². The highest BCUT2D eigenvalue weighted by atomic mass is 16.3. The van der Waals surface area contributed by atoms with E-state index in [0.29, 0.717) is 5.69 Å². The van der Waals surface area contributed by atoms with Crippen molar-refractivity contribution in [3.63, 3.8) is 0 Å². The maximum absolute atomic E-state index is 12.6. The Morgan fingerprint density at radius 1 is 0.857 bits per heavy atom. The molecule has 2 aromatic heterocycles. The zero-order chi connectivity index (χ0) is 19.3.